The fourth-order valence-electron chi connectivity index (χ4n) is 3.16. The summed E-state index contributed by atoms with van der Waals surface area (Å²) >= 11 is 0. The maximum atomic E-state index is 6.16. The molecule has 34 heavy (non-hydrogen) atoms. The topological polar surface area (TPSA) is 110 Å². The number of hydrogen-bond acceptors (Lipinski definition) is 6. The highest BCUT2D eigenvalue weighted by Gasteiger charge is 2.07. The summed E-state index contributed by atoms with van der Waals surface area (Å²) in [6.45, 7) is 3.11. The van der Waals surface area contributed by atoms with E-state index in [1.54, 1.807) is 7.11 Å². The molecule has 0 aliphatic heterocycles. The molecule has 3 rings (SSSR count). The average Bonchev–Trinajstić information content (AvgIpc) is 2.86. The Morgan fingerprint density at radius 2 is 1.76 bits per heavy atom. The van der Waals surface area contributed by atoms with Crippen molar-refractivity contribution in [1.82, 2.24) is 5.01 Å². The highest BCUT2D eigenvalue weighted by atomic mass is 16.5. The summed E-state index contributed by atoms with van der Waals surface area (Å²) in [7, 11) is 1.63. The number of aliphatic imine (C=N–C) groups is 2. The van der Waals surface area contributed by atoms with Crippen LogP contribution in [0.2, 0.25) is 0 Å². The molecule has 1 unspecified atom stereocenters. The Morgan fingerprint density at radius 1 is 1.00 bits per heavy atom. The number of anilines is 1. The van der Waals surface area contributed by atoms with Crippen LogP contribution < -0.4 is 26.4 Å². The van der Waals surface area contributed by atoms with E-state index in [4.69, 9.17) is 21.1 Å². The van der Waals surface area contributed by atoms with E-state index in [-0.39, 0.29) is 12.7 Å². The van der Waals surface area contributed by atoms with Crippen molar-refractivity contribution in [2.45, 2.75) is 26.2 Å². The van der Waals surface area contributed by atoms with Crippen LogP contribution in [0.4, 0.5) is 5.69 Å². The van der Waals surface area contributed by atoms with Gasteiger partial charge < -0.3 is 20.5 Å². The number of rotatable bonds is 11. The smallest absolute Gasteiger partial charge is 0.134 e. The first-order chi connectivity index (χ1) is 16.6. The van der Waals surface area contributed by atoms with Crippen LogP contribution in [0.3, 0.4) is 0 Å². The molecule has 0 heterocycles. The molecule has 0 saturated heterocycles. The average molecular weight is 461 g/mol. The lowest BCUT2D eigenvalue weighted by Crippen LogP contribution is -2.41. The molecule has 3 aromatic rings. The zero-order chi connectivity index (χ0) is 24.2. The molecule has 0 fully saturated rings. The number of ether oxygens (including phenoxy) is 2. The lowest BCUT2D eigenvalue weighted by atomic mass is 10.2. The maximum Gasteiger partial charge on any atom is 0.134 e. The van der Waals surface area contributed by atoms with E-state index in [9.17, 15) is 0 Å². The number of nitrogens with two attached hydrogens (primary N) is 2. The molecule has 0 aliphatic carbocycles. The summed E-state index contributed by atoms with van der Waals surface area (Å²) in [4.78, 5) is 8.77. The molecule has 0 spiro atoms. The van der Waals surface area contributed by atoms with Gasteiger partial charge in [-0.2, -0.15) is 0 Å². The Kier molecular flexibility index (Phi) is 9.45. The molecule has 8 nitrogen and oxygen atoms in total. The van der Waals surface area contributed by atoms with Gasteiger partial charge in [0.1, 0.15) is 36.4 Å². The predicted octanol–water partition coefficient (Wildman–Crippen LogP) is 3.79. The van der Waals surface area contributed by atoms with Crippen molar-refractivity contribution in [2.24, 2.45) is 21.6 Å². The van der Waals surface area contributed by atoms with Gasteiger partial charge in [-0.1, -0.05) is 48.5 Å². The zero-order valence-electron chi connectivity index (χ0n) is 19.6. The minimum Gasteiger partial charge on any atom is -0.497 e. The van der Waals surface area contributed by atoms with Gasteiger partial charge in [0.25, 0.3) is 0 Å². The Morgan fingerprint density at radius 3 is 2.47 bits per heavy atom. The van der Waals surface area contributed by atoms with Gasteiger partial charge in [0.2, 0.25) is 0 Å². The SMILES string of the molecule is COc1ccc(CN(N)/C(CN)=N/C=N\C(C)Nc2cccc(OCc3ccccc3)c2)cc1. The van der Waals surface area contributed by atoms with Crippen LogP contribution in [0.1, 0.15) is 18.1 Å². The maximum absolute atomic E-state index is 6.16. The third kappa shape index (κ3) is 7.91. The van der Waals surface area contributed by atoms with E-state index in [1.807, 2.05) is 85.8 Å². The quantitative estimate of drug-likeness (QED) is 0.174. The Labute approximate surface area is 200 Å². The van der Waals surface area contributed by atoms with Gasteiger partial charge >= 0.3 is 0 Å². The first-order valence-electron chi connectivity index (χ1n) is 11.0. The van der Waals surface area contributed by atoms with Gasteiger partial charge in [-0.3, -0.25) is 5.01 Å². The number of nitrogens with zero attached hydrogens (tertiary/aromatic N) is 3. The fourth-order valence-corrected chi connectivity index (χ4v) is 3.16. The molecular weight excluding hydrogens is 428 g/mol. The number of amidine groups is 1. The van der Waals surface area contributed by atoms with Gasteiger partial charge in [0, 0.05) is 11.8 Å². The van der Waals surface area contributed by atoms with Crippen molar-refractivity contribution < 1.29 is 9.47 Å². The summed E-state index contributed by atoms with van der Waals surface area (Å²) in [5.41, 5.74) is 8.88. The minimum absolute atomic E-state index is 0.196. The second kappa shape index (κ2) is 13.0. The lowest BCUT2D eigenvalue weighted by molar-refractivity contribution is 0.306. The number of benzene rings is 3. The normalized spacial score (nSPS) is 12.4. The summed E-state index contributed by atoms with van der Waals surface area (Å²) in [6, 6.07) is 25.5. The van der Waals surface area contributed by atoms with Crippen LogP contribution in [0.5, 0.6) is 11.5 Å². The first-order valence-corrected chi connectivity index (χ1v) is 11.0. The fraction of sp³-hybridized carbons (Fsp3) is 0.231. The second-order valence-corrected chi connectivity index (χ2v) is 7.61. The Bertz CT molecular complexity index is 1070. The van der Waals surface area contributed by atoms with Crippen molar-refractivity contribution in [3.63, 3.8) is 0 Å². The predicted molar refractivity (Wildman–Crippen MR) is 138 cm³/mol. The zero-order valence-corrected chi connectivity index (χ0v) is 19.6. The van der Waals surface area contributed by atoms with Crippen molar-refractivity contribution in [1.29, 1.82) is 0 Å². The molecular formula is C26H32N6O2. The molecule has 0 bridgehead atoms. The van der Waals surface area contributed by atoms with Crippen LogP contribution in [0.25, 0.3) is 0 Å². The van der Waals surface area contributed by atoms with E-state index < -0.39 is 0 Å². The van der Waals surface area contributed by atoms with E-state index in [1.165, 1.54) is 11.3 Å². The molecule has 0 aromatic heterocycles. The van der Waals surface area contributed by atoms with Crippen LogP contribution in [-0.4, -0.2) is 37.0 Å². The number of methoxy groups -OCH3 is 1. The molecule has 0 amide bonds. The summed E-state index contributed by atoms with van der Waals surface area (Å²) in [5, 5.41) is 4.83. The Hall–Kier alpha value is -3.88. The second-order valence-electron chi connectivity index (χ2n) is 7.61. The lowest BCUT2D eigenvalue weighted by Gasteiger charge is -2.19. The van der Waals surface area contributed by atoms with Gasteiger partial charge in [0.15, 0.2) is 0 Å². The van der Waals surface area contributed by atoms with Crippen molar-refractivity contribution in [3.05, 3.63) is 90.0 Å². The summed E-state index contributed by atoms with van der Waals surface area (Å²) < 4.78 is 11.1. The van der Waals surface area contributed by atoms with Gasteiger partial charge in [0.05, 0.1) is 20.2 Å². The highest BCUT2D eigenvalue weighted by Crippen LogP contribution is 2.19. The third-order valence-corrected chi connectivity index (χ3v) is 4.98. The monoisotopic (exact) mass is 460 g/mol. The van der Waals surface area contributed by atoms with E-state index in [0.717, 1.165) is 28.3 Å². The summed E-state index contributed by atoms with van der Waals surface area (Å²) in [6.07, 6.45) is 1.27. The largest absolute Gasteiger partial charge is 0.497 e. The van der Waals surface area contributed by atoms with E-state index >= 15 is 0 Å². The van der Waals surface area contributed by atoms with Gasteiger partial charge in [-0.15, -0.1) is 0 Å². The third-order valence-electron chi connectivity index (χ3n) is 4.98. The van der Waals surface area contributed by atoms with Gasteiger partial charge in [-0.25, -0.2) is 15.8 Å². The standard InChI is InChI=1S/C26H32N6O2/c1-20(31-23-9-6-10-25(15-23)34-18-22-7-4-3-5-8-22)29-19-30-26(16-27)32(28)17-21-11-13-24(33-2)14-12-21/h3-15,19-20,31H,16-18,27-28H2,1-2H3/b29-19-,30-26+. The molecule has 3 aromatic carbocycles. The molecule has 0 radical (unpaired) electrons. The van der Waals surface area contributed by atoms with Crippen LogP contribution >= 0.6 is 0 Å². The molecule has 8 heteroatoms. The number of nitrogens with one attached hydrogen (secondary N) is 1. The molecule has 178 valence electrons. The van der Waals surface area contributed by atoms with E-state index in [0.29, 0.717) is 19.0 Å². The van der Waals surface area contributed by atoms with Crippen molar-refractivity contribution in [3.8, 4) is 11.5 Å². The number of hydrazine groups is 1. The molecule has 5 N–H and O–H groups in total. The van der Waals surface area contributed by atoms with E-state index in [2.05, 4.69) is 15.3 Å². The van der Waals surface area contributed by atoms with Gasteiger partial charge in [-0.05, 0) is 42.3 Å². The van der Waals surface area contributed by atoms with Crippen molar-refractivity contribution >= 4 is 17.9 Å². The highest BCUT2D eigenvalue weighted by molar-refractivity contribution is 5.89. The number of hydrogen-bond donors (Lipinski definition) is 3. The minimum atomic E-state index is -0.208. The molecule has 0 aliphatic rings. The first kappa shape index (κ1) is 24.8. The van der Waals surface area contributed by atoms with Crippen LogP contribution in [0.15, 0.2) is 88.8 Å². The molecule has 0 saturated carbocycles. The molecule has 1 atom stereocenters. The van der Waals surface area contributed by atoms with Crippen LogP contribution in [0, 0.1) is 0 Å². The van der Waals surface area contributed by atoms with Crippen LogP contribution in [-0.2, 0) is 13.2 Å². The Balaban J connectivity index is 1.52. The summed E-state index contributed by atoms with van der Waals surface area (Å²) in [5.74, 6) is 8.27. The van der Waals surface area contributed by atoms with Crippen molar-refractivity contribution in [2.75, 3.05) is 19.0 Å².